The molecule has 2 rings (SSSR count). The zero-order valence-electron chi connectivity index (χ0n) is 10.7. The number of hydrogen-bond acceptors (Lipinski definition) is 4. The molecular formula is C12H11FN4O3. The second-order valence-corrected chi connectivity index (χ2v) is 4.27. The van der Waals surface area contributed by atoms with Crippen molar-refractivity contribution in [1.82, 2.24) is 10.2 Å². The molecular weight excluding hydrogens is 267 g/mol. The Morgan fingerprint density at radius 3 is 2.65 bits per heavy atom. The molecule has 2 aromatic rings. The number of nitrogens with one attached hydrogen (secondary N) is 2. The van der Waals surface area contributed by atoms with Crippen LogP contribution >= 0.6 is 0 Å². The summed E-state index contributed by atoms with van der Waals surface area (Å²) in [4.78, 5) is 22.0. The highest BCUT2D eigenvalue weighted by molar-refractivity contribution is 6.04. The number of aromatic nitrogens is 2. The van der Waals surface area contributed by atoms with Gasteiger partial charge in [-0.05, 0) is 19.4 Å². The van der Waals surface area contributed by atoms with Crippen molar-refractivity contribution in [3.8, 4) is 0 Å². The zero-order chi connectivity index (χ0) is 14.9. The van der Waals surface area contributed by atoms with Crippen LogP contribution in [0.25, 0.3) is 0 Å². The molecule has 0 unspecified atom stereocenters. The first-order valence-corrected chi connectivity index (χ1v) is 5.66. The van der Waals surface area contributed by atoms with Crippen LogP contribution in [-0.4, -0.2) is 21.0 Å². The number of carbonyl (C=O) groups is 1. The van der Waals surface area contributed by atoms with Crippen LogP contribution in [0.15, 0.2) is 18.2 Å². The maximum Gasteiger partial charge on any atom is 0.270 e. The van der Waals surface area contributed by atoms with Crippen molar-refractivity contribution in [2.24, 2.45) is 0 Å². The lowest BCUT2D eigenvalue weighted by atomic mass is 10.1. The molecule has 1 aromatic carbocycles. The summed E-state index contributed by atoms with van der Waals surface area (Å²) in [6.07, 6.45) is 0. The summed E-state index contributed by atoms with van der Waals surface area (Å²) in [5, 5.41) is 19.5. The van der Waals surface area contributed by atoms with Crippen molar-refractivity contribution in [3.63, 3.8) is 0 Å². The van der Waals surface area contributed by atoms with Gasteiger partial charge in [0, 0.05) is 23.9 Å². The van der Waals surface area contributed by atoms with E-state index in [-0.39, 0.29) is 17.1 Å². The van der Waals surface area contributed by atoms with Gasteiger partial charge in [-0.15, -0.1) is 0 Å². The van der Waals surface area contributed by atoms with Crippen LogP contribution in [0.2, 0.25) is 0 Å². The molecule has 0 radical (unpaired) electrons. The normalized spacial score (nSPS) is 10.3. The first kappa shape index (κ1) is 13.7. The molecule has 0 bridgehead atoms. The van der Waals surface area contributed by atoms with E-state index in [1.54, 1.807) is 13.0 Å². The minimum atomic E-state index is -0.791. The Bertz CT molecular complexity index is 696. The number of nitro groups is 1. The Morgan fingerprint density at radius 2 is 2.10 bits per heavy atom. The fraction of sp³-hybridized carbons (Fsp3) is 0.167. The molecule has 0 aliphatic heterocycles. The third-order valence-electron chi connectivity index (χ3n) is 2.64. The van der Waals surface area contributed by atoms with Gasteiger partial charge in [0.15, 0.2) is 5.82 Å². The van der Waals surface area contributed by atoms with E-state index in [1.807, 2.05) is 0 Å². The number of nitrogens with zero attached hydrogens (tertiary/aromatic N) is 2. The van der Waals surface area contributed by atoms with Crippen LogP contribution in [0, 0.1) is 29.8 Å². The Balaban J connectivity index is 2.36. The van der Waals surface area contributed by atoms with Crippen molar-refractivity contribution in [3.05, 3.63) is 51.0 Å². The van der Waals surface area contributed by atoms with E-state index in [9.17, 15) is 19.3 Å². The second kappa shape index (κ2) is 5.08. The van der Waals surface area contributed by atoms with Crippen molar-refractivity contribution in [2.45, 2.75) is 13.8 Å². The van der Waals surface area contributed by atoms with Crippen LogP contribution in [0.5, 0.6) is 0 Å². The number of anilines is 1. The third-order valence-corrected chi connectivity index (χ3v) is 2.64. The van der Waals surface area contributed by atoms with Gasteiger partial charge in [0.1, 0.15) is 5.82 Å². The molecule has 8 heteroatoms. The van der Waals surface area contributed by atoms with Gasteiger partial charge in [0.2, 0.25) is 0 Å². The van der Waals surface area contributed by atoms with Crippen molar-refractivity contribution in [1.29, 1.82) is 0 Å². The molecule has 0 aliphatic rings. The van der Waals surface area contributed by atoms with E-state index in [4.69, 9.17) is 0 Å². The minimum absolute atomic E-state index is 0.0301. The number of rotatable bonds is 3. The topological polar surface area (TPSA) is 101 Å². The van der Waals surface area contributed by atoms with Gasteiger partial charge < -0.3 is 5.32 Å². The van der Waals surface area contributed by atoms with Gasteiger partial charge in [-0.25, -0.2) is 4.39 Å². The number of aryl methyl sites for hydroxylation is 2. The molecule has 0 aliphatic carbocycles. The predicted octanol–water partition coefficient (Wildman–Crippen LogP) is 2.33. The van der Waals surface area contributed by atoms with Crippen LogP contribution < -0.4 is 5.32 Å². The van der Waals surface area contributed by atoms with Gasteiger partial charge in [-0.3, -0.25) is 20.0 Å². The lowest BCUT2D eigenvalue weighted by Gasteiger charge is -2.05. The van der Waals surface area contributed by atoms with Crippen LogP contribution in [0.4, 0.5) is 15.9 Å². The van der Waals surface area contributed by atoms with E-state index >= 15 is 0 Å². The van der Waals surface area contributed by atoms with Crippen molar-refractivity contribution >= 4 is 17.4 Å². The van der Waals surface area contributed by atoms with Gasteiger partial charge in [-0.2, -0.15) is 5.10 Å². The average Bonchev–Trinajstić information content (AvgIpc) is 2.77. The molecule has 0 atom stereocenters. The van der Waals surface area contributed by atoms with Gasteiger partial charge in [-0.1, -0.05) is 0 Å². The molecule has 1 amide bonds. The fourth-order valence-electron chi connectivity index (χ4n) is 1.69. The Hall–Kier alpha value is -2.77. The third kappa shape index (κ3) is 2.63. The van der Waals surface area contributed by atoms with E-state index in [0.29, 0.717) is 0 Å². The minimum Gasteiger partial charge on any atom is -0.305 e. The number of amides is 1. The van der Waals surface area contributed by atoms with Crippen LogP contribution in [0.1, 0.15) is 21.6 Å². The molecule has 104 valence electrons. The molecule has 1 heterocycles. The summed E-state index contributed by atoms with van der Waals surface area (Å²) >= 11 is 0. The van der Waals surface area contributed by atoms with Crippen LogP contribution in [0.3, 0.4) is 0 Å². The number of halogens is 1. The standard InChI is InChI=1S/C12H11FN4O3/c1-6-3-8(17(19)20)5-9(11(6)13)12(18)14-10-4-7(2)15-16-10/h3-5H,1-2H3,(H2,14,15,16,18). The summed E-state index contributed by atoms with van der Waals surface area (Å²) in [5.41, 5.74) is 0.0168. The van der Waals surface area contributed by atoms with Crippen molar-refractivity contribution in [2.75, 3.05) is 5.32 Å². The number of benzene rings is 1. The Labute approximate surface area is 113 Å². The smallest absolute Gasteiger partial charge is 0.270 e. The number of aromatic amines is 1. The van der Waals surface area contributed by atoms with Gasteiger partial charge in [0.05, 0.1) is 10.5 Å². The van der Waals surface area contributed by atoms with E-state index in [0.717, 1.165) is 17.8 Å². The largest absolute Gasteiger partial charge is 0.305 e. The average molecular weight is 278 g/mol. The van der Waals surface area contributed by atoms with Gasteiger partial charge >= 0.3 is 0 Å². The highest BCUT2D eigenvalue weighted by Gasteiger charge is 2.20. The second-order valence-electron chi connectivity index (χ2n) is 4.27. The molecule has 0 spiro atoms. The molecule has 0 fully saturated rings. The van der Waals surface area contributed by atoms with Gasteiger partial charge in [0.25, 0.3) is 11.6 Å². The predicted molar refractivity (Wildman–Crippen MR) is 69.1 cm³/mol. The summed E-state index contributed by atoms with van der Waals surface area (Å²) in [5.74, 6) is -1.36. The lowest BCUT2D eigenvalue weighted by Crippen LogP contribution is -2.15. The number of hydrogen-bond donors (Lipinski definition) is 2. The summed E-state index contributed by atoms with van der Waals surface area (Å²) in [6, 6.07) is 3.53. The molecule has 0 saturated carbocycles. The zero-order valence-corrected chi connectivity index (χ0v) is 10.7. The first-order valence-electron chi connectivity index (χ1n) is 5.66. The lowest BCUT2D eigenvalue weighted by molar-refractivity contribution is -0.385. The van der Waals surface area contributed by atoms with E-state index in [2.05, 4.69) is 15.5 Å². The van der Waals surface area contributed by atoms with Crippen molar-refractivity contribution < 1.29 is 14.1 Å². The molecule has 1 aromatic heterocycles. The molecule has 7 nitrogen and oxygen atoms in total. The first-order chi connectivity index (χ1) is 9.38. The fourth-order valence-corrected chi connectivity index (χ4v) is 1.69. The number of nitro benzene ring substituents is 1. The Morgan fingerprint density at radius 1 is 1.40 bits per heavy atom. The van der Waals surface area contributed by atoms with E-state index in [1.165, 1.54) is 6.92 Å². The maximum absolute atomic E-state index is 13.9. The molecule has 20 heavy (non-hydrogen) atoms. The molecule has 2 N–H and O–H groups in total. The highest BCUT2D eigenvalue weighted by Crippen LogP contribution is 2.21. The number of carbonyl (C=O) groups excluding carboxylic acids is 1. The SMILES string of the molecule is Cc1cc(NC(=O)c2cc([N+](=O)[O-])cc(C)c2F)n[nH]1. The van der Waals surface area contributed by atoms with Crippen LogP contribution in [-0.2, 0) is 0 Å². The Kier molecular flexibility index (Phi) is 3.47. The maximum atomic E-state index is 13.9. The quantitative estimate of drug-likeness (QED) is 0.664. The summed E-state index contributed by atoms with van der Waals surface area (Å²) in [6.45, 7) is 3.10. The van der Waals surface area contributed by atoms with E-state index < -0.39 is 22.2 Å². The highest BCUT2D eigenvalue weighted by atomic mass is 19.1. The molecule has 0 saturated heterocycles. The summed E-state index contributed by atoms with van der Waals surface area (Å²) < 4.78 is 13.9. The number of H-pyrrole nitrogens is 1. The monoisotopic (exact) mass is 278 g/mol. The summed E-state index contributed by atoms with van der Waals surface area (Å²) in [7, 11) is 0. The number of non-ortho nitro benzene ring substituents is 1.